The third-order valence-electron chi connectivity index (χ3n) is 13.3. The molecule has 342 valence electrons. The quantitative estimate of drug-likeness (QED) is 0.126. The van der Waals surface area contributed by atoms with Gasteiger partial charge >= 0.3 is 12.1 Å². The van der Waals surface area contributed by atoms with Gasteiger partial charge < -0.3 is 28.6 Å². The summed E-state index contributed by atoms with van der Waals surface area (Å²) in [6.45, 7) is 15.8. The molecule has 3 aromatic heterocycles. The van der Waals surface area contributed by atoms with Crippen molar-refractivity contribution in [2.45, 2.75) is 141 Å². The molecule has 4 aliphatic heterocycles. The van der Waals surface area contributed by atoms with Crippen LogP contribution in [0.4, 0.5) is 13.6 Å². The third kappa shape index (κ3) is 9.44. The van der Waals surface area contributed by atoms with E-state index in [9.17, 15) is 9.18 Å². The van der Waals surface area contributed by atoms with E-state index in [-0.39, 0.29) is 53.9 Å². The van der Waals surface area contributed by atoms with E-state index >= 15 is 4.39 Å². The number of pyridine rings is 1. The van der Waals surface area contributed by atoms with Crippen LogP contribution in [-0.4, -0.2) is 116 Å². The number of hydrogen-bond acceptors (Lipinski definition) is 11. The number of fused-ring (bicyclic) bond motifs is 3. The number of nitrogens with zero attached hydrogens (tertiary/aromatic N) is 7. The standard InChI is InChI=1S/C47H62ClF2N7O6/c1-45(2,3)62-42-33-22-51-41(39(50)40(33)53-43(54-42)61-27-47-14-10-16-56(47)25-30(49)21-47)38-32-23-52-57(36-12-7-8-17-60-36)35(32)20-34(48)37(38)31-19-29(31)26-59-18-13-28-11-9-15-55(24-28)44(58)63-46(4,5)6/h20,22-23,28-31,36H,7-19,21,24-27H2,1-6H3/t28-,29-,30+,31-,36?,47-/m0/s1. The third-order valence-corrected chi connectivity index (χ3v) is 13.6. The van der Waals surface area contributed by atoms with E-state index in [2.05, 4.69) is 14.9 Å². The van der Waals surface area contributed by atoms with Crippen LogP contribution in [0.15, 0.2) is 18.5 Å². The maximum absolute atomic E-state index is 17.6. The lowest BCUT2D eigenvalue weighted by atomic mass is 9.94. The number of hydrogen-bond donors (Lipinski definition) is 0. The second kappa shape index (κ2) is 17.5. The Morgan fingerprint density at radius 3 is 2.63 bits per heavy atom. The second-order valence-corrected chi connectivity index (χ2v) is 20.9. The van der Waals surface area contributed by atoms with Crippen LogP contribution in [-0.2, 0) is 14.2 Å². The number of carbonyl (C=O) groups is 1. The summed E-state index contributed by atoms with van der Waals surface area (Å²) >= 11 is 7.31. The number of likely N-dealkylation sites (tertiary alicyclic amines) is 1. The van der Waals surface area contributed by atoms with E-state index < -0.39 is 28.7 Å². The Hall–Kier alpha value is -3.92. The minimum atomic E-state index is -0.923. The zero-order valence-corrected chi connectivity index (χ0v) is 38.3. The van der Waals surface area contributed by atoms with Crippen LogP contribution in [0.2, 0.25) is 5.02 Å². The Balaban J connectivity index is 1.01. The van der Waals surface area contributed by atoms with Crippen LogP contribution in [0.3, 0.4) is 0 Å². The van der Waals surface area contributed by atoms with E-state index in [0.717, 1.165) is 75.4 Å². The fraction of sp³-hybridized carbons (Fsp3) is 0.681. The Bertz CT molecular complexity index is 2330. The summed E-state index contributed by atoms with van der Waals surface area (Å²) in [6, 6.07) is 1.89. The minimum absolute atomic E-state index is 0.00512. The van der Waals surface area contributed by atoms with Crippen molar-refractivity contribution in [3.05, 3.63) is 34.9 Å². The number of halogens is 3. The van der Waals surface area contributed by atoms with Gasteiger partial charge in [0.25, 0.3) is 0 Å². The molecule has 0 bridgehead atoms. The molecular weight excluding hydrogens is 832 g/mol. The maximum Gasteiger partial charge on any atom is 0.410 e. The van der Waals surface area contributed by atoms with Gasteiger partial charge in [-0.15, -0.1) is 0 Å². The van der Waals surface area contributed by atoms with Crippen molar-refractivity contribution in [3.8, 4) is 23.1 Å². The van der Waals surface area contributed by atoms with Crippen molar-refractivity contribution < 1.29 is 37.3 Å². The van der Waals surface area contributed by atoms with Crippen LogP contribution in [0.5, 0.6) is 11.9 Å². The molecule has 1 aromatic carbocycles. The molecule has 6 atom stereocenters. The molecule has 5 aliphatic rings. The first-order valence-electron chi connectivity index (χ1n) is 23.0. The molecule has 1 saturated carbocycles. The fourth-order valence-electron chi connectivity index (χ4n) is 10.3. The normalized spacial score (nSPS) is 26.7. The molecule has 7 heterocycles. The van der Waals surface area contributed by atoms with Crippen molar-refractivity contribution in [2.24, 2.45) is 11.8 Å². The van der Waals surface area contributed by atoms with Gasteiger partial charge in [0.2, 0.25) is 5.88 Å². The van der Waals surface area contributed by atoms with Gasteiger partial charge in [0.1, 0.15) is 35.2 Å². The van der Waals surface area contributed by atoms with Crippen LogP contribution >= 0.6 is 11.6 Å². The van der Waals surface area contributed by atoms with Gasteiger partial charge in [0.05, 0.1) is 22.6 Å². The lowest BCUT2D eigenvalue weighted by Crippen LogP contribution is -2.43. The first kappa shape index (κ1) is 44.3. The minimum Gasteiger partial charge on any atom is -0.471 e. The summed E-state index contributed by atoms with van der Waals surface area (Å²) < 4.78 is 64.9. The van der Waals surface area contributed by atoms with Crippen molar-refractivity contribution >= 4 is 39.5 Å². The summed E-state index contributed by atoms with van der Waals surface area (Å²) in [5.74, 6) is -0.0186. The van der Waals surface area contributed by atoms with Crippen molar-refractivity contribution in [1.82, 2.24) is 34.5 Å². The molecule has 9 rings (SSSR count). The first-order chi connectivity index (χ1) is 30.1. The van der Waals surface area contributed by atoms with Gasteiger partial charge in [-0.05, 0) is 135 Å². The number of benzene rings is 1. The van der Waals surface area contributed by atoms with Gasteiger partial charge in [-0.25, -0.2) is 18.3 Å². The number of piperidine rings is 1. The van der Waals surface area contributed by atoms with Gasteiger partial charge in [-0.3, -0.25) is 9.88 Å². The Kier molecular flexibility index (Phi) is 12.3. The summed E-state index contributed by atoms with van der Waals surface area (Å²) in [7, 11) is 0. The predicted molar refractivity (Wildman–Crippen MR) is 236 cm³/mol. The number of alkyl halides is 1. The van der Waals surface area contributed by atoms with Crippen LogP contribution < -0.4 is 9.47 Å². The molecule has 0 N–H and O–H groups in total. The Morgan fingerprint density at radius 1 is 1.02 bits per heavy atom. The molecule has 4 aromatic rings. The fourth-order valence-corrected chi connectivity index (χ4v) is 10.6. The average molecular weight is 895 g/mol. The molecule has 1 amide bonds. The Labute approximate surface area is 373 Å². The van der Waals surface area contributed by atoms with Crippen molar-refractivity contribution in [3.63, 3.8) is 0 Å². The molecule has 1 unspecified atom stereocenters. The molecule has 16 heteroatoms. The summed E-state index contributed by atoms with van der Waals surface area (Å²) in [6.07, 6.45) is 10.5. The van der Waals surface area contributed by atoms with E-state index in [1.54, 1.807) is 12.4 Å². The number of aromatic nitrogens is 5. The van der Waals surface area contributed by atoms with E-state index in [1.807, 2.05) is 57.2 Å². The molecular formula is C47H62ClF2N7O6. The molecule has 5 fully saturated rings. The molecule has 1 aliphatic carbocycles. The first-order valence-corrected chi connectivity index (χ1v) is 23.4. The van der Waals surface area contributed by atoms with Gasteiger partial charge in [-0.2, -0.15) is 15.1 Å². The van der Waals surface area contributed by atoms with Crippen LogP contribution in [0, 0.1) is 17.7 Å². The zero-order chi connectivity index (χ0) is 44.3. The highest BCUT2D eigenvalue weighted by atomic mass is 35.5. The van der Waals surface area contributed by atoms with E-state index in [0.29, 0.717) is 73.2 Å². The van der Waals surface area contributed by atoms with Crippen LogP contribution in [0.25, 0.3) is 33.1 Å². The smallest absolute Gasteiger partial charge is 0.410 e. The van der Waals surface area contributed by atoms with Crippen LogP contribution in [0.1, 0.15) is 123 Å². The summed E-state index contributed by atoms with van der Waals surface area (Å²) in [5.41, 5.74) is 0.541. The number of ether oxygens (including phenoxy) is 5. The average Bonchev–Trinajstić information content (AvgIpc) is 3.50. The summed E-state index contributed by atoms with van der Waals surface area (Å²) in [5, 5.41) is 6.33. The number of rotatable bonds is 12. The van der Waals surface area contributed by atoms with Crippen molar-refractivity contribution in [2.75, 3.05) is 52.6 Å². The Morgan fingerprint density at radius 2 is 1.86 bits per heavy atom. The lowest BCUT2D eigenvalue weighted by molar-refractivity contribution is -0.0366. The summed E-state index contributed by atoms with van der Waals surface area (Å²) in [4.78, 5) is 30.9. The molecule has 4 saturated heterocycles. The van der Waals surface area contributed by atoms with Gasteiger partial charge in [-0.1, -0.05) is 11.6 Å². The highest BCUT2D eigenvalue weighted by Gasteiger charge is 2.49. The molecule has 13 nitrogen and oxygen atoms in total. The zero-order valence-electron chi connectivity index (χ0n) is 37.6. The molecule has 0 spiro atoms. The predicted octanol–water partition coefficient (Wildman–Crippen LogP) is 9.82. The topological polar surface area (TPSA) is 126 Å². The number of carbonyl (C=O) groups excluding carboxylic acids is 1. The molecule has 63 heavy (non-hydrogen) atoms. The van der Waals surface area contributed by atoms with E-state index in [4.69, 9.17) is 45.4 Å². The van der Waals surface area contributed by atoms with Crippen molar-refractivity contribution in [1.29, 1.82) is 0 Å². The maximum atomic E-state index is 17.6. The van der Waals surface area contributed by atoms with Gasteiger partial charge in [0, 0.05) is 68.0 Å². The monoisotopic (exact) mass is 893 g/mol. The SMILES string of the molecule is CC(C)(C)OC(=O)N1CCC[C@@H](CCOC[C@@H]2C[C@@H]2c2c(Cl)cc3c(cnn3C3CCCCO3)c2-c2ncc3c(OC(C)(C)C)nc(OC[C@@]45CCCN4C[C@H](F)C5)nc3c2F)C1. The highest BCUT2D eigenvalue weighted by molar-refractivity contribution is 6.33. The van der Waals surface area contributed by atoms with E-state index in [1.165, 1.54) is 0 Å². The second-order valence-electron chi connectivity index (χ2n) is 20.5. The molecule has 0 radical (unpaired) electrons. The number of amides is 1. The lowest BCUT2D eigenvalue weighted by Gasteiger charge is -2.34. The largest absolute Gasteiger partial charge is 0.471 e. The van der Waals surface area contributed by atoms with Gasteiger partial charge in [0.15, 0.2) is 12.0 Å². The highest BCUT2D eigenvalue weighted by Crippen LogP contribution is 2.55.